The van der Waals surface area contributed by atoms with E-state index >= 15 is 0 Å². The van der Waals surface area contributed by atoms with Gasteiger partial charge in [0, 0.05) is 6.54 Å². The lowest BCUT2D eigenvalue weighted by atomic mass is 10.1. The van der Waals surface area contributed by atoms with Crippen LogP contribution in [0.2, 0.25) is 0 Å². The molecule has 0 aliphatic heterocycles. The highest BCUT2D eigenvalue weighted by Crippen LogP contribution is 2.19. The number of benzene rings is 1. The summed E-state index contributed by atoms with van der Waals surface area (Å²) in [5, 5.41) is 9.51. The summed E-state index contributed by atoms with van der Waals surface area (Å²) in [7, 11) is 0. The van der Waals surface area contributed by atoms with Gasteiger partial charge in [-0.25, -0.2) is 4.98 Å². The van der Waals surface area contributed by atoms with Gasteiger partial charge < -0.3 is 9.67 Å². The van der Waals surface area contributed by atoms with Gasteiger partial charge in [-0.2, -0.15) is 0 Å². The molecule has 21 heavy (non-hydrogen) atoms. The van der Waals surface area contributed by atoms with Gasteiger partial charge in [-0.05, 0) is 31.0 Å². The smallest absolute Gasteiger partial charge is 0.135 e. The second-order valence-corrected chi connectivity index (χ2v) is 5.95. The molecule has 0 amide bonds. The third kappa shape index (κ3) is 4.31. The summed E-state index contributed by atoms with van der Waals surface area (Å²) in [6.07, 6.45) is 9.13. The van der Waals surface area contributed by atoms with E-state index in [1.54, 1.807) is 0 Å². The van der Waals surface area contributed by atoms with Gasteiger partial charge in [0.15, 0.2) is 0 Å². The molecule has 0 radical (unpaired) electrons. The minimum atomic E-state index is 0.0181. The summed E-state index contributed by atoms with van der Waals surface area (Å²) < 4.78 is 2.18. The number of nitrogens with zero attached hydrogens (tertiary/aromatic N) is 2. The maximum Gasteiger partial charge on any atom is 0.135 e. The third-order valence-electron chi connectivity index (χ3n) is 4.11. The van der Waals surface area contributed by atoms with Crippen molar-refractivity contribution in [3.63, 3.8) is 0 Å². The Balaban J connectivity index is 1.91. The van der Waals surface area contributed by atoms with Crippen LogP contribution in [0.4, 0.5) is 0 Å². The molecular weight excluding hydrogens is 260 g/mol. The molecule has 0 fully saturated rings. The van der Waals surface area contributed by atoms with Crippen LogP contribution in [0.5, 0.6) is 0 Å². The van der Waals surface area contributed by atoms with Gasteiger partial charge in [0.25, 0.3) is 0 Å². The number of aromatic nitrogens is 2. The lowest BCUT2D eigenvalue weighted by molar-refractivity contribution is 0.265. The number of imidazole rings is 1. The first-order valence-corrected chi connectivity index (χ1v) is 8.33. The molecule has 3 nitrogen and oxygen atoms in total. The van der Waals surface area contributed by atoms with Crippen molar-refractivity contribution < 1.29 is 5.11 Å². The van der Waals surface area contributed by atoms with Gasteiger partial charge in [-0.1, -0.05) is 51.5 Å². The Morgan fingerprint density at radius 2 is 1.76 bits per heavy atom. The molecule has 2 rings (SSSR count). The van der Waals surface area contributed by atoms with Gasteiger partial charge in [0.2, 0.25) is 0 Å². The Hall–Kier alpha value is -1.35. The van der Waals surface area contributed by atoms with E-state index in [2.05, 4.69) is 41.6 Å². The molecule has 0 atom stereocenters. The zero-order valence-corrected chi connectivity index (χ0v) is 13.4. The van der Waals surface area contributed by atoms with Crippen molar-refractivity contribution in [2.24, 2.45) is 0 Å². The Labute approximate surface area is 128 Å². The van der Waals surface area contributed by atoms with Crippen LogP contribution in [0.25, 0.3) is 11.0 Å². The molecule has 0 unspecified atom stereocenters. The minimum Gasteiger partial charge on any atom is -0.388 e. The number of hydrogen-bond donors (Lipinski definition) is 1. The topological polar surface area (TPSA) is 38.0 Å². The molecule has 1 aromatic carbocycles. The summed E-state index contributed by atoms with van der Waals surface area (Å²) in [6.45, 7) is 5.31. The van der Waals surface area contributed by atoms with Crippen LogP contribution >= 0.6 is 0 Å². The van der Waals surface area contributed by atoms with E-state index in [9.17, 15) is 5.11 Å². The average molecular weight is 288 g/mol. The van der Waals surface area contributed by atoms with Crippen molar-refractivity contribution in [2.75, 3.05) is 0 Å². The van der Waals surface area contributed by atoms with E-state index in [1.807, 2.05) is 0 Å². The van der Waals surface area contributed by atoms with Crippen LogP contribution in [0.3, 0.4) is 0 Å². The largest absolute Gasteiger partial charge is 0.388 e. The van der Waals surface area contributed by atoms with E-state index in [0.29, 0.717) is 0 Å². The molecule has 0 spiro atoms. The van der Waals surface area contributed by atoms with Crippen LogP contribution in [-0.2, 0) is 13.2 Å². The fourth-order valence-electron chi connectivity index (χ4n) is 2.89. The summed E-state index contributed by atoms with van der Waals surface area (Å²) in [5.74, 6) is 0.793. The molecule has 0 aliphatic carbocycles. The maximum absolute atomic E-state index is 9.51. The molecule has 2 aromatic rings. The van der Waals surface area contributed by atoms with Crippen molar-refractivity contribution in [2.45, 2.75) is 71.9 Å². The van der Waals surface area contributed by atoms with E-state index in [1.165, 1.54) is 50.5 Å². The Bertz CT molecular complexity index is 560. The number of aliphatic hydroxyl groups excluding tert-OH is 1. The van der Waals surface area contributed by atoms with Crippen molar-refractivity contribution in [3.05, 3.63) is 29.6 Å². The Morgan fingerprint density at radius 1 is 1.05 bits per heavy atom. The zero-order valence-electron chi connectivity index (χ0n) is 13.4. The van der Waals surface area contributed by atoms with Crippen molar-refractivity contribution in [3.8, 4) is 0 Å². The van der Waals surface area contributed by atoms with E-state index in [0.717, 1.165) is 23.4 Å². The number of aliphatic hydroxyl groups is 1. The monoisotopic (exact) mass is 288 g/mol. The summed E-state index contributed by atoms with van der Waals surface area (Å²) in [6, 6.07) is 6.33. The van der Waals surface area contributed by atoms with Crippen molar-refractivity contribution in [1.29, 1.82) is 0 Å². The van der Waals surface area contributed by atoms with Gasteiger partial charge in [0.1, 0.15) is 12.4 Å². The fourth-order valence-corrected chi connectivity index (χ4v) is 2.89. The first kappa shape index (κ1) is 16.0. The Kier molecular flexibility index (Phi) is 6.24. The van der Waals surface area contributed by atoms with Crippen LogP contribution in [0.15, 0.2) is 18.2 Å². The summed E-state index contributed by atoms with van der Waals surface area (Å²) >= 11 is 0. The van der Waals surface area contributed by atoms with Gasteiger partial charge in [0.05, 0.1) is 11.0 Å². The molecule has 116 valence electrons. The highest BCUT2D eigenvalue weighted by molar-refractivity contribution is 5.76. The van der Waals surface area contributed by atoms with E-state index in [-0.39, 0.29) is 6.61 Å². The molecular formula is C18H28N2O. The molecule has 1 aromatic heterocycles. The maximum atomic E-state index is 9.51. The number of rotatable bonds is 9. The second kappa shape index (κ2) is 8.18. The van der Waals surface area contributed by atoms with Crippen LogP contribution in [0, 0.1) is 6.92 Å². The standard InChI is InChI=1S/C18H28N2O/c1-3-4-5-6-7-8-9-12-20-17-11-10-15(2)13-16(17)19-18(20)14-21/h10-11,13,21H,3-9,12,14H2,1-2H3. The lowest BCUT2D eigenvalue weighted by Crippen LogP contribution is -2.04. The summed E-state index contributed by atoms with van der Waals surface area (Å²) in [5.41, 5.74) is 3.37. The zero-order chi connectivity index (χ0) is 15.1. The van der Waals surface area contributed by atoms with Crippen molar-refractivity contribution >= 4 is 11.0 Å². The van der Waals surface area contributed by atoms with E-state index in [4.69, 9.17) is 0 Å². The SMILES string of the molecule is CCCCCCCCCn1c(CO)nc2cc(C)ccc21. The first-order valence-electron chi connectivity index (χ1n) is 8.33. The first-order chi connectivity index (χ1) is 10.3. The highest BCUT2D eigenvalue weighted by atomic mass is 16.3. The number of hydrogen-bond acceptors (Lipinski definition) is 2. The van der Waals surface area contributed by atoms with Crippen LogP contribution in [-0.4, -0.2) is 14.7 Å². The number of aryl methyl sites for hydroxylation is 2. The average Bonchev–Trinajstić information content (AvgIpc) is 2.83. The number of unbranched alkanes of at least 4 members (excludes halogenated alkanes) is 6. The molecule has 0 aliphatic rings. The van der Waals surface area contributed by atoms with Crippen LogP contribution in [0.1, 0.15) is 63.3 Å². The van der Waals surface area contributed by atoms with Gasteiger partial charge >= 0.3 is 0 Å². The molecule has 0 bridgehead atoms. The fraction of sp³-hybridized carbons (Fsp3) is 0.611. The minimum absolute atomic E-state index is 0.0181. The van der Waals surface area contributed by atoms with E-state index < -0.39 is 0 Å². The van der Waals surface area contributed by atoms with Crippen molar-refractivity contribution in [1.82, 2.24) is 9.55 Å². The Morgan fingerprint density at radius 3 is 2.48 bits per heavy atom. The number of fused-ring (bicyclic) bond motifs is 1. The third-order valence-corrected chi connectivity index (χ3v) is 4.11. The quantitative estimate of drug-likeness (QED) is 0.685. The highest BCUT2D eigenvalue weighted by Gasteiger charge is 2.09. The van der Waals surface area contributed by atoms with Gasteiger partial charge in [-0.3, -0.25) is 0 Å². The molecule has 3 heteroatoms. The van der Waals surface area contributed by atoms with Gasteiger partial charge in [-0.15, -0.1) is 0 Å². The van der Waals surface area contributed by atoms with Crippen LogP contribution < -0.4 is 0 Å². The molecule has 0 saturated carbocycles. The normalized spacial score (nSPS) is 11.4. The second-order valence-electron chi connectivity index (χ2n) is 5.95. The molecule has 1 heterocycles. The molecule has 0 saturated heterocycles. The lowest BCUT2D eigenvalue weighted by Gasteiger charge is -2.08. The molecule has 1 N–H and O–H groups in total. The predicted octanol–water partition coefficient (Wildman–Crippen LogP) is 4.59. The summed E-state index contributed by atoms with van der Waals surface area (Å²) in [4.78, 5) is 4.54. The predicted molar refractivity (Wildman–Crippen MR) is 88.4 cm³/mol.